The molecular weight excluding hydrogens is 336 g/mol. The van der Waals surface area contributed by atoms with Crippen molar-refractivity contribution in [2.45, 2.75) is 33.2 Å². The van der Waals surface area contributed by atoms with E-state index >= 15 is 0 Å². The molecule has 0 saturated heterocycles. The maximum Gasteiger partial charge on any atom is 0.253 e. The molecule has 2 rings (SSSR count). The Bertz CT molecular complexity index is 861. The number of aromatic nitrogens is 2. The molecule has 0 unspecified atom stereocenters. The van der Waals surface area contributed by atoms with Gasteiger partial charge >= 0.3 is 0 Å². The summed E-state index contributed by atoms with van der Waals surface area (Å²) in [6.07, 6.45) is 2.98. The first-order chi connectivity index (χ1) is 12.4. The van der Waals surface area contributed by atoms with E-state index in [0.29, 0.717) is 22.8 Å². The number of carbonyl (C=O) groups excluding carboxylic acids is 2. The van der Waals surface area contributed by atoms with Gasteiger partial charge in [-0.05, 0) is 24.6 Å². The number of ether oxygens (including phenoxy) is 1. The molecule has 0 bridgehead atoms. The van der Waals surface area contributed by atoms with Gasteiger partial charge < -0.3 is 15.4 Å². The van der Waals surface area contributed by atoms with Crippen molar-refractivity contribution in [3.05, 3.63) is 46.6 Å². The summed E-state index contributed by atoms with van der Waals surface area (Å²) >= 11 is 0. The average Bonchev–Trinajstić information content (AvgIpc) is 2.57. The van der Waals surface area contributed by atoms with Gasteiger partial charge in [-0.3, -0.25) is 19.0 Å². The summed E-state index contributed by atoms with van der Waals surface area (Å²) in [5.41, 5.74) is 1.35. The van der Waals surface area contributed by atoms with Gasteiger partial charge in [0.25, 0.3) is 5.56 Å². The standard InChI is InChI=1S/C18H22N4O4/c1-4-5-13-9-18(25)22(11-19-13)10-17(24)21-15-8-14(20-12(2)23)6-7-16(15)26-3/h6-9,11H,4-5,10H2,1-3H3,(H,20,23)(H,21,24). The largest absolute Gasteiger partial charge is 0.495 e. The fourth-order valence-corrected chi connectivity index (χ4v) is 2.41. The van der Waals surface area contributed by atoms with Crippen molar-refractivity contribution in [2.75, 3.05) is 17.7 Å². The molecule has 0 aliphatic rings. The molecule has 0 atom stereocenters. The number of amides is 2. The Labute approximate surface area is 151 Å². The molecule has 0 radical (unpaired) electrons. The Morgan fingerprint density at radius 3 is 2.62 bits per heavy atom. The molecular formula is C18H22N4O4. The van der Waals surface area contributed by atoms with Gasteiger partial charge in [0.2, 0.25) is 11.8 Å². The highest BCUT2D eigenvalue weighted by atomic mass is 16.5. The molecule has 0 fully saturated rings. The summed E-state index contributed by atoms with van der Waals surface area (Å²) in [4.78, 5) is 39.7. The van der Waals surface area contributed by atoms with E-state index < -0.39 is 5.91 Å². The van der Waals surface area contributed by atoms with Crippen molar-refractivity contribution in [2.24, 2.45) is 0 Å². The van der Waals surface area contributed by atoms with Crippen LogP contribution in [0, 0.1) is 0 Å². The predicted octanol–water partition coefficient (Wildman–Crippen LogP) is 1.80. The molecule has 8 nitrogen and oxygen atoms in total. The van der Waals surface area contributed by atoms with Crippen LogP contribution < -0.4 is 20.9 Å². The number of carbonyl (C=O) groups is 2. The van der Waals surface area contributed by atoms with Crippen molar-refractivity contribution in [3.63, 3.8) is 0 Å². The van der Waals surface area contributed by atoms with Crippen molar-refractivity contribution >= 4 is 23.2 Å². The number of aryl methyl sites for hydroxylation is 1. The smallest absolute Gasteiger partial charge is 0.253 e. The summed E-state index contributed by atoms with van der Waals surface area (Å²) in [6.45, 7) is 3.22. The topological polar surface area (TPSA) is 102 Å². The quantitative estimate of drug-likeness (QED) is 0.786. The normalized spacial score (nSPS) is 10.3. The number of anilines is 2. The minimum absolute atomic E-state index is 0.175. The lowest BCUT2D eigenvalue weighted by Crippen LogP contribution is -2.28. The lowest BCUT2D eigenvalue weighted by Gasteiger charge is -2.13. The first-order valence-corrected chi connectivity index (χ1v) is 8.23. The van der Waals surface area contributed by atoms with E-state index in [-0.39, 0.29) is 18.0 Å². The van der Waals surface area contributed by atoms with Crippen LogP contribution in [0.3, 0.4) is 0 Å². The second-order valence-corrected chi connectivity index (χ2v) is 5.74. The number of methoxy groups -OCH3 is 1. The Morgan fingerprint density at radius 2 is 2.00 bits per heavy atom. The lowest BCUT2D eigenvalue weighted by molar-refractivity contribution is -0.117. The third-order valence-electron chi connectivity index (χ3n) is 3.55. The second kappa shape index (κ2) is 8.80. The summed E-state index contributed by atoms with van der Waals surface area (Å²) in [6, 6.07) is 6.32. The Hall–Kier alpha value is -3.16. The highest BCUT2D eigenvalue weighted by Gasteiger charge is 2.11. The van der Waals surface area contributed by atoms with Gasteiger partial charge in [0.15, 0.2) is 0 Å². The van der Waals surface area contributed by atoms with E-state index in [1.54, 1.807) is 18.2 Å². The van der Waals surface area contributed by atoms with Crippen molar-refractivity contribution in [3.8, 4) is 5.75 Å². The third kappa shape index (κ3) is 5.17. The molecule has 0 aliphatic heterocycles. The molecule has 0 spiro atoms. The first kappa shape index (κ1) is 19.2. The van der Waals surface area contributed by atoms with E-state index in [0.717, 1.165) is 12.8 Å². The predicted molar refractivity (Wildman–Crippen MR) is 98.4 cm³/mol. The van der Waals surface area contributed by atoms with Crippen molar-refractivity contribution < 1.29 is 14.3 Å². The zero-order valence-corrected chi connectivity index (χ0v) is 15.0. The molecule has 1 aromatic carbocycles. The van der Waals surface area contributed by atoms with Crippen LogP contribution in [-0.2, 0) is 22.6 Å². The minimum Gasteiger partial charge on any atom is -0.495 e. The van der Waals surface area contributed by atoms with Crippen LogP contribution in [0.4, 0.5) is 11.4 Å². The molecule has 138 valence electrons. The van der Waals surface area contributed by atoms with Crippen molar-refractivity contribution in [1.82, 2.24) is 9.55 Å². The van der Waals surface area contributed by atoms with Gasteiger partial charge in [-0.2, -0.15) is 0 Å². The van der Waals surface area contributed by atoms with E-state index in [2.05, 4.69) is 15.6 Å². The maximum atomic E-state index is 12.3. The van der Waals surface area contributed by atoms with Gasteiger partial charge in [0.1, 0.15) is 12.3 Å². The van der Waals surface area contributed by atoms with Gasteiger partial charge in [-0.1, -0.05) is 13.3 Å². The van der Waals surface area contributed by atoms with E-state index in [4.69, 9.17) is 4.74 Å². The SMILES string of the molecule is CCCc1cc(=O)n(CC(=O)Nc2cc(NC(C)=O)ccc2OC)cn1. The fourth-order valence-electron chi connectivity index (χ4n) is 2.41. The van der Waals surface area contributed by atoms with Crippen LogP contribution in [0.25, 0.3) is 0 Å². The van der Waals surface area contributed by atoms with Crippen LogP contribution in [-0.4, -0.2) is 28.5 Å². The summed E-state index contributed by atoms with van der Waals surface area (Å²) < 4.78 is 6.45. The average molecular weight is 358 g/mol. The summed E-state index contributed by atoms with van der Waals surface area (Å²) in [5.74, 6) is -0.191. The lowest BCUT2D eigenvalue weighted by atomic mass is 10.2. The number of benzene rings is 1. The second-order valence-electron chi connectivity index (χ2n) is 5.74. The fraction of sp³-hybridized carbons (Fsp3) is 0.333. The van der Waals surface area contributed by atoms with Gasteiger partial charge in [0, 0.05) is 24.4 Å². The molecule has 2 amide bonds. The van der Waals surface area contributed by atoms with E-state index in [1.807, 2.05) is 6.92 Å². The van der Waals surface area contributed by atoms with Crippen LogP contribution in [0.15, 0.2) is 35.4 Å². The molecule has 1 aromatic heterocycles. The van der Waals surface area contributed by atoms with Gasteiger partial charge in [0.05, 0.1) is 19.1 Å². The van der Waals surface area contributed by atoms with Crippen LogP contribution in [0.2, 0.25) is 0 Å². The Morgan fingerprint density at radius 1 is 1.23 bits per heavy atom. The molecule has 8 heteroatoms. The zero-order chi connectivity index (χ0) is 19.1. The monoisotopic (exact) mass is 358 g/mol. The number of nitrogens with one attached hydrogen (secondary N) is 2. The number of nitrogens with zero attached hydrogens (tertiary/aromatic N) is 2. The molecule has 1 heterocycles. The minimum atomic E-state index is -0.407. The van der Waals surface area contributed by atoms with Crippen LogP contribution in [0.1, 0.15) is 26.0 Å². The summed E-state index contributed by atoms with van der Waals surface area (Å²) in [5, 5.41) is 5.32. The number of rotatable bonds is 7. The van der Waals surface area contributed by atoms with E-state index in [9.17, 15) is 14.4 Å². The van der Waals surface area contributed by atoms with Gasteiger partial charge in [-0.15, -0.1) is 0 Å². The molecule has 0 saturated carbocycles. The van der Waals surface area contributed by atoms with Crippen LogP contribution >= 0.6 is 0 Å². The third-order valence-corrected chi connectivity index (χ3v) is 3.55. The maximum absolute atomic E-state index is 12.3. The molecule has 26 heavy (non-hydrogen) atoms. The zero-order valence-electron chi connectivity index (χ0n) is 15.0. The first-order valence-electron chi connectivity index (χ1n) is 8.23. The number of hydrogen-bond acceptors (Lipinski definition) is 5. The molecule has 0 aliphatic carbocycles. The molecule has 2 aromatic rings. The number of hydrogen-bond donors (Lipinski definition) is 2. The summed E-state index contributed by atoms with van der Waals surface area (Å²) in [7, 11) is 1.48. The Kier molecular flexibility index (Phi) is 6.48. The van der Waals surface area contributed by atoms with Crippen LogP contribution in [0.5, 0.6) is 5.75 Å². The van der Waals surface area contributed by atoms with Gasteiger partial charge in [-0.25, -0.2) is 4.98 Å². The van der Waals surface area contributed by atoms with Crippen molar-refractivity contribution in [1.29, 1.82) is 0 Å². The van der Waals surface area contributed by atoms with E-state index in [1.165, 1.54) is 31.0 Å². The molecule has 2 N–H and O–H groups in total. The Balaban J connectivity index is 2.14. The highest BCUT2D eigenvalue weighted by Crippen LogP contribution is 2.27. The highest BCUT2D eigenvalue weighted by molar-refractivity contribution is 5.94.